The number of hydrogen-bond donors (Lipinski definition) is 1. The third-order valence-electron chi connectivity index (χ3n) is 3.27. The number of anilines is 1. The van der Waals surface area contributed by atoms with Crippen LogP contribution in [0.15, 0.2) is 29.2 Å². The predicted molar refractivity (Wildman–Crippen MR) is 86.0 cm³/mol. The number of imide groups is 2. The standard InChI is InChI=1S/C15H15F2N3O4S/c1-8(2)20-13(23)12(22)19(15(20)24)7-11(21)18-9-3-5-10(6-4-9)25-14(16)17/h3-6,8,14H,7H2,1-2H3,(H,18,21). The normalized spacial score (nSPS) is 14.9. The first kappa shape index (κ1) is 18.8. The molecule has 0 unspecified atom stereocenters. The Morgan fingerprint density at radius 1 is 1.12 bits per heavy atom. The number of alkyl halides is 2. The molecule has 1 aromatic carbocycles. The number of benzene rings is 1. The van der Waals surface area contributed by atoms with Crippen LogP contribution in [0.25, 0.3) is 0 Å². The van der Waals surface area contributed by atoms with Gasteiger partial charge in [-0.05, 0) is 38.1 Å². The third kappa shape index (κ3) is 4.32. The van der Waals surface area contributed by atoms with Crippen LogP contribution in [0.1, 0.15) is 13.8 Å². The Morgan fingerprint density at radius 2 is 1.72 bits per heavy atom. The number of rotatable bonds is 6. The zero-order valence-electron chi connectivity index (χ0n) is 13.4. The van der Waals surface area contributed by atoms with Crippen molar-refractivity contribution in [1.29, 1.82) is 0 Å². The molecule has 1 aliphatic rings. The average molecular weight is 371 g/mol. The molecule has 1 N–H and O–H groups in total. The maximum Gasteiger partial charge on any atom is 0.334 e. The van der Waals surface area contributed by atoms with Crippen molar-refractivity contribution in [3.63, 3.8) is 0 Å². The highest BCUT2D eigenvalue weighted by Crippen LogP contribution is 2.26. The topological polar surface area (TPSA) is 86.8 Å². The van der Waals surface area contributed by atoms with Crippen LogP contribution in [0.2, 0.25) is 0 Å². The van der Waals surface area contributed by atoms with Gasteiger partial charge in [0.25, 0.3) is 5.76 Å². The number of nitrogens with one attached hydrogen (secondary N) is 1. The molecule has 0 aromatic heterocycles. The number of carbonyl (C=O) groups is 4. The Hall–Kier alpha value is -2.49. The van der Waals surface area contributed by atoms with Gasteiger partial charge in [0.1, 0.15) is 6.54 Å². The van der Waals surface area contributed by atoms with E-state index in [0.29, 0.717) is 27.2 Å². The van der Waals surface area contributed by atoms with Crippen LogP contribution >= 0.6 is 11.8 Å². The Bertz CT molecular complexity index is 709. The van der Waals surface area contributed by atoms with Crippen molar-refractivity contribution in [3.8, 4) is 0 Å². The van der Waals surface area contributed by atoms with Gasteiger partial charge in [0.2, 0.25) is 5.91 Å². The second kappa shape index (κ2) is 7.60. The van der Waals surface area contributed by atoms with Crippen LogP contribution in [-0.2, 0) is 14.4 Å². The molecule has 1 aliphatic heterocycles. The second-order valence-corrected chi connectivity index (χ2v) is 6.46. The summed E-state index contributed by atoms with van der Waals surface area (Å²) >= 11 is 0.369. The zero-order valence-corrected chi connectivity index (χ0v) is 14.2. The Morgan fingerprint density at radius 3 is 2.20 bits per heavy atom. The molecule has 25 heavy (non-hydrogen) atoms. The molecule has 2 rings (SSSR count). The molecule has 0 spiro atoms. The van der Waals surface area contributed by atoms with Crippen molar-refractivity contribution in [2.75, 3.05) is 11.9 Å². The van der Waals surface area contributed by atoms with Gasteiger partial charge < -0.3 is 5.32 Å². The molecule has 0 atom stereocenters. The fourth-order valence-electron chi connectivity index (χ4n) is 2.18. The van der Waals surface area contributed by atoms with E-state index in [1.54, 1.807) is 13.8 Å². The minimum atomic E-state index is -2.55. The summed E-state index contributed by atoms with van der Waals surface area (Å²) < 4.78 is 24.5. The van der Waals surface area contributed by atoms with Crippen molar-refractivity contribution < 1.29 is 28.0 Å². The summed E-state index contributed by atoms with van der Waals surface area (Å²) in [7, 11) is 0. The fourth-order valence-corrected chi connectivity index (χ4v) is 2.68. The molecular formula is C15H15F2N3O4S. The summed E-state index contributed by atoms with van der Waals surface area (Å²) in [5.74, 6) is -5.26. The van der Waals surface area contributed by atoms with Gasteiger partial charge in [0.05, 0.1) is 0 Å². The molecule has 0 aliphatic carbocycles. The van der Waals surface area contributed by atoms with Crippen molar-refractivity contribution in [1.82, 2.24) is 9.80 Å². The number of amides is 5. The molecule has 0 bridgehead atoms. The molecule has 10 heteroatoms. The molecule has 1 saturated heterocycles. The van der Waals surface area contributed by atoms with Crippen LogP contribution < -0.4 is 5.32 Å². The molecule has 134 valence electrons. The van der Waals surface area contributed by atoms with Crippen molar-refractivity contribution >= 4 is 41.2 Å². The number of halogens is 2. The molecule has 0 saturated carbocycles. The maximum atomic E-state index is 12.2. The Kier molecular flexibility index (Phi) is 5.73. The van der Waals surface area contributed by atoms with Crippen LogP contribution in [0.5, 0.6) is 0 Å². The van der Waals surface area contributed by atoms with Gasteiger partial charge in [0.15, 0.2) is 0 Å². The van der Waals surface area contributed by atoms with Crippen LogP contribution in [0.3, 0.4) is 0 Å². The van der Waals surface area contributed by atoms with E-state index in [-0.39, 0.29) is 0 Å². The van der Waals surface area contributed by atoms with E-state index in [0.717, 1.165) is 4.90 Å². The lowest BCUT2D eigenvalue weighted by atomic mass is 10.3. The summed E-state index contributed by atoms with van der Waals surface area (Å²) in [5, 5.41) is 2.44. The van der Waals surface area contributed by atoms with E-state index >= 15 is 0 Å². The summed E-state index contributed by atoms with van der Waals surface area (Å²) in [5.41, 5.74) is 0.315. The Balaban J connectivity index is 1.99. The molecule has 1 heterocycles. The minimum Gasteiger partial charge on any atom is -0.325 e. The molecule has 1 fully saturated rings. The van der Waals surface area contributed by atoms with Gasteiger partial charge in [0, 0.05) is 16.6 Å². The minimum absolute atomic E-state index is 0.315. The van der Waals surface area contributed by atoms with Crippen molar-refractivity contribution in [2.45, 2.75) is 30.5 Å². The quantitative estimate of drug-likeness (QED) is 0.470. The highest BCUT2D eigenvalue weighted by atomic mass is 32.2. The van der Waals surface area contributed by atoms with E-state index in [1.165, 1.54) is 24.3 Å². The smallest absolute Gasteiger partial charge is 0.325 e. The van der Waals surface area contributed by atoms with Crippen LogP contribution in [0.4, 0.5) is 19.3 Å². The summed E-state index contributed by atoms with van der Waals surface area (Å²) in [4.78, 5) is 49.3. The van der Waals surface area contributed by atoms with Gasteiger partial charge in [-0.25, -0.2) is 9.69 Å². The summed E-state index contributed by atoms with van der Waals surface area (Å²) in [6.45, 7) is 2.54. The van der Waals surface area contributed by atoms with Crippen molar-refractivity contribution in [3.05, 3.63) is 24.3 Å². The molecule has 5 amide bonds. The van der Waals surface area contributed by atoms with Gasteiger partial charge >= 0.3 is 17.8 Å². The van der Waals surface area contributed by atoms with Gasteiger partial charge in [-0.3, -0.25) is 19.3 Å². The molecule has 7 nitrogen and oxygen atoms in total. The SMILES string of the molecule is CC(C)N1C(=O)C(=O)N(CC(=O)Nc2ccc(SC(F)F)cc2)C1=O. The van der Waals surface area contributed by atoms with Crippen molar-refractivity contribution in [2.24, 2.45) is 0 Å². The lowest BCUT2D eigenvalue weighted by Crippen LogP contribution is -2.40. The van der Waals surface area contributed by atoms with E-state index in [2.05, 4.69) is 5.32 Å². The number of urea groups is 1. The van der Waals surface area contributed by atoms with Gasteiger partial charge in [-0.1, -0.05) is 11.8 Å². The highest BCUT2D eigenvalue weighted by molar-refractivity contribution is 7.99. The first-order valence-electron chi connectivity index (χ1n) is 7.24. The number of thioether (sulfide) groups is 1. The zero-order chi connectivity index (χ0) is 18.7. The number of nitrogens with zero attached hydrogens (tertiary/aromatic N) is 2. The van der Waals surface area contributed by atoms with Crippen LogP contribution in [0, 0.1) is 0 Å². The first-order chi connectivity index (χ1) is 11.7. The number of hydrogen-bond acceptors (Lipinski definition) is 5. The summed E-state index contributed by atoms with van der Waals surface area (Å²) in [6.07, 6.45) is 0. The molecule has 0 radical (unpaired) electrons. The molecule has 1 aromatic rings. The van der Waals surface area contributed by atoms with E-state index in [1.807, 2.05) is 0 Å². The maximum absolute atomic E-state index is 12.2. The highest BCUT2D eigenvalue weighted by Gasteiger charge is 2.46. The fraction of sp³-hybridized carbons (Fsp3) is 0.333. The average Bonchev–Trinajstić information content (AvgIpc) is 2.72. The van der Waals surface area contributed by atoms with Gasteiger partial charge in [-0.2, -0.15) is 8.78 Å². The van der Waals surface area contributed by atoms with Crippen LogP contribution in [-0.4, -0.2) is 51.9 Å². The van der Waals surface area contributed by atoms with Gasteiger partial charge in [-0.15, -0.1) is 0 Å². The largest absolute Gasteiger partial charge is 0.334 e. The van der Waals surface area contributed by atoms with E-state index in [9.17, 15) is 28.0 Å². The van der Waals surface area contributed by atoms with E-state index in [4.69, 9.17) is 0 Å². The monoisotopic (exact) mass is 371 g/mol. The summed E-state index contributed by atoms with van der Waals surface area (Å²) in [6, 6.07) is 4.30. The van der Waals surface area contributed by atoms with E-state index < -0.39 is 42.1 Å². The first-order valence-corrected chi connectivity index (χ1v) is 8.12. The predicted octanol–water partition coefficient (Wildman–Crippen LogP) is 2.14. The molecular weight excluding hydrogens is 356 g/mol. The lowest BCUT2D eigenvalue weighted by Gasteiger charge is -2.18. The number of carbonyl (C=O) groups excluding carboxylic acids is 4. The lowest BCUT2D eigenvalue weighted by molar-refractivity contribution is -0.144. The third-order valence-corrected chi connectivity index (χ3v) is 3.99. The second-order valence-electron chi connectivity index (χ2n) is 5.39. The Labute approximate surface area is 146 Å².